The normalized spacial score (nSPS) is 11.5. The van der Waals surface area contributed by atoms with Crippen molar-refractivity contribution in [3.63, 3.8) is 0 Å². The predicted octanol–water partition coefficient (Wildman–Crippen LogP) is 2.79. The molecule has 1 rings (SSSR count). The zero-order chi connectivity index (χ0) is 11.5. The van der Waals surface area contributed by atoms with Gasteiger partial charge in [0.15, 0.2) is 0 Å². The van der Waals surface area contributed by atoms with E-state index in [1.807, 2.05) is 0 Å². The molecule has 0 unspecified atom stereocenters. The SMILES string of the molecule is CC(C)(CN)CNc1c(Cl)cncc1Cl. The third-order valence-electron chi connectivity index (χ3n) is 2.15. The first kappa shape index (κ1) is 12.6. The Morgan fingerprint density at radius 1 is 1.33 bits per heavy atom. The van der Waals surface area contributed by atoms with Crippen LogP contribution in [-0.4, -0.2) is 18.1 Å². The fourth-order valence-electron chi connectivity index (χ4n) is 0.980. The number of hydrogen-bond acceptors (Lipinski definition) is 3. The first-order valence-corrected chi connectivity index (χ1v) is 5.45. The van der Waals surface area contributed by atoms with Gasteiger partial charge in [-0.05, 0) is 12.0 Å². The van der Waals surface area contributed by atoms with Crippen LogP contribution in [0.5, 0.6) is 0 Å². The molecule has 0 radical (unpaired) electrons. The Balaban J connectivity index is 2.73. The molecule has 0 aliphatic carbocycles. The minimum Gasteiger partial charge on any atom is -0.382 e. The summed E-state index contributed by atoms with van der Waals surface area (Å²) in [5.41, 5.74) is 6.36. The van der Waals surface area contributed by atoms with Gasteiger partial charge >= 0.3 is 0 Å². The van der Waals surface area contributed by atoms with Crippen molar-refractivity contribution in [2.24, 2.45) is 11.1 Å². The van der Waals surface area contributed by atoms with Gasteiger partial charge in [-0.15, -0.1) is 0 Å². The molecule has 3 N–H and O–H groups in total. The monoisotopic (exact) mass is 247 g/mol. The average Bonchev–Trinajstić information content (AvgIpc) is 2.17. The van der Waals surface area contributed by atoms with Gasteiger partial charge in [-0.1, -0.05) is 37.0 Å². The van der Waals surface area contributed by atoms with Gasteiger partial charge in [0.25, 0.3) is 0 Å². The molecule has 0 bridgehead atoms. The van der Waals surface area contributed by atoms with Crippen molar-refractivity contribution in [1.29, 1.82) is 0 Å². The molecular weight excluding hydrogens is 233 g/mol. The molecule has 0 saturated carbocycles. The Morgan fingerprint density at radius 3 is 2.33 bits per heavy atom. The standard InChI is InChI=1S/C10H15Cl2N3/c1-10(2,5-13)6-15-9-7(11)3-14-4-8(9)12/h3-4H,5-6,13H2,1-2H3,(H,14,15). The topological polar surface area (TPSA) is 50.9 Å². The summed E-state index contributed by atoms with van der Waals surface area (Å²) >= 11 is 11.9. The molecule has 3 nitrogen and oxygen atoms in total. The van der Waals surface area contributed by atoms with Crippen LogP contribution in [0.2, 0.25) is 10.0 Å². The molecule has 0 aliphatic heterocycles. The van der Waals surface area contributed by atoms with E-state index in [4.69, 9.17) is 28.9 Å². The lowest BCUT2D eigenvalue weighted by Gasteiger charge is -2.23. The second kappa shape index (κ2) is 5.01. The summed E-state index contributed by atoms with van der Waals surface area (Å²) < 4.78 is 0. The number of halogens is 2. The van der Waals surface area contributed by atoms with E-state index in [9.17, 15) is 0 Å². The maximum absolute atomic E-state index is 5.96. The molecule has 0 amide bonds. The summed E-state index contributed by atoms with van der Waals surface area (Å²) in [5.74, 6) is 0. The molecule has 1 aromatic heterocycles. The van der Waals surface area contributed by atoms with Crippen LogP contribution in [0.25, 0.3) is 0 Å². The summed E-state index contributed by atoms with van der Waals surface area (Å²) in [5, 5.41) is 4.24. The zero-order valence-corrected chi connectivity index (χ0v) is 10.4. The molecule has 0 aliphatic rings. The highest BCUT2D eigenvalue weighted by molar-refractivity contribution is 6.38. The van der Waals surface area contributed by atoms with E-state index in [0.717, 1.165) is 5.69 Å². The highest BCUT2D eigenvalue weighted by Gasteiger charge is 2.16. The molecule has 84 valence electrons. The van der Waals surface area contributed by atoms with E-state index < -0.39 is 0 Å². The molecule has 1 aromatic rings. The maximum atomic E-state index is 5.96. The van der Waals surface area contributed by atoms with Crippen LogP contribution < -0.4 is 11.1 Å². The average molecular weight is 248 g/mol. The number of nitrogens with zero attached hydrogens (tertiary/aromatic N) is 1. The molecule has 0 atom stereocenters. The van der Waals surface area contributed by atoms with Crippen molar-refractivity contribution in [1.82, 2.24) is 4.98 Å². The first-order chi connectivity index (χ1) is 6.96. The molecular formula is C10H15Cl2N3. The zero-order valence-electron chi connectivity index (χ0n) is 8.85. The van der Waals surface area contributed by atoms with Gasteiger partial charge in [-0.25, -0.2) is 0 Å². The van der Waals surface area contributed by atoms with E-state index in [1.54, 1.807) is 12.4 Å². The number of nitrogens with one attached hydrogen (secondary N) is 1. The first-order valence-electron chi connectivity index (χ1n) is 4.69. The number of rotatable bonds is 4. The van der Waals surface area contributed by atoms with Crippen molar-refractivity contribution in [2.45, 2.75) is 13.8 Å². The lowest BCUT2D eigenvalue weighted by atomic mass is 9.94. The molecule has 5 heteroatoms. The Bertz CT molecular complexity index is 319. The lowest BCUT2D eigenvalue weighted by Crippen LogP contribution is -2.31. The van der Waals surface area contributed by atoms with E-state index in [2.05, 4.69) is 24.1 Å². The summed E-state index contributed by atoms with van der Waals surface area (Å²) in [4.78, 5) is 3.88. The van der Waals surface area contributed by atoms with Gasteiger partial charge in [-0.3, -0.25) is 4.98 Å². The minimum absolute atomic E-state index is 0.00985. The maximum Gasteiger partial charge on any atom is 0.0836 e. The number of aromatic nitrogens is 1. The molecule has 0 spiro atoms. The lowest BCUT2D eigenvalue weighted by molar-refractivity contribution is 0.405. The van der Waals surface area contributed by atoms with Crippen LogP contribution in [0.3, 0.4) is 0 Å². The van der Waals surface area contributed by atoms with Gasteiger partial charge in [0.2, 0.25) is 0 Å². The van der Waals surface area contributed by atoms with Gasteiger partial charge in [0.1, 0.15) is 0 Å². The van der Waals surface area contributed by atoms with Crippen LogP contribution in [-0.2, 0) is 0 Å². The smallest absolute Gasteiger partial charge is 0.0836 e. The molecule has 0 aromatic carbocycles. The summed E-state index contributed by atoms with van der Waals surface area (Å²) in [6.45, 7) is 5.46. The molecule has 15 heavy (non-hydrogen) atoms. The fourth-order valence-corrected chi connectivity index (χ4v) is 1.48. The Labute approximate surface area is 100.0 Å². The molecule has 0 fully saturated rings. The number of pyridine rings is 1. The quantitative estimate of drug-likeness (QED) is 0.861. The Kier molecular flexibility index (Phi) is 4.20. The third kappa shape index (κ3) is 3.52. The molecule has 0 saturated heterocycles. The van der Waals surface area contributed by atoms with Gasteiger partial charge in [0.05, 0.1) is 15.7 Å². The Hall–Kier alpha value is -0.510. The van der Waals surface area contributed by atoms with Gasteiger partial charge < -0.3 is 11.1 Å². The van der Waals surface area contributed by atoms with E-state index in [1.165, 1.54) is 0 Å². The summed E-state index contributed by atoms with van der Waals surface area (Å²) in [7, 11) is 0. The van der Waals surface area contributed by atoms with Crippen LogP contribution in [0.15, 0.2) is 12.4 Å². The summed E-state index contributed by atoms with van der Waals surface area (Å²) in [6, 6.07) is 0. The third-order valence-corrected chi connectivity index (χ3v) is 2.72. The highest BCUT2D eigenvalue weighted by Crippen LogP contribution is 2.29. The number of hydrogen-bond donors (Lipinski definition) is 2. The Morgan fingerprint density at radius 2 is 1.87 bits per heavy atom. The van der Waals surface area contributed by atoms with Crippen LogP contribution >= 0.6 is 23.2 Å². The van der Waals surface area contributed by atoms with E-state index in [-0.39, 0.29) is 5.41 Å². The highest BCUT2D eigenvalue weighted by atomic mass is 35.5. The van der Waals surface area contributed by atoms with Crippen LogP contribution in [0.4, 0.5) is 5.69 Å². The van der Waals surface area contributed by atoms with E-state index in [0.29, 0.717) is 23.1 Å². The van der Waals surface area contributed by atoms with Crippen molar-refractivity contribution in [2.75, 3.05) is 18.4 Å². The van der Waals surface area contributed by atoms with Crippen molar-refractivity contribution < 1.29 is 0 Å². The fraction of sp³-hybridized carbons (Fsp3) is 0.500. The predicted molar refractivity (Wildman–Crippen MR) is 65.6 cm³/mol. The second-order valence-electron chi connectivity index (χ2n) is 4.20. The summed E-state index contributed by atoms with van der Waals surface area (Å²) in [6.07, 6.45) is 3.12. The molecule has 1 heterocycles. The van der Waals surface area contributed by atoms with Gasteiger partial charge in [-0.2, -0.15) is 0 Å². The number of nitrogens with two attached hydrogens (primary N) is 1. The van der Waals surface area contributed by atoms with Crippen molar-refractivity contribution >= 4 is 28.9 Å². The van der Waals surface area contributed by atoms with Crippen molar-refractivity contribution in [3.8, 4) is 0 Å². The van der Waals surface area contributed by atoms with Crippen molar-refractivity contribution in [3.05, 3.63) is 22.4 Å². The van der Waals surface area contributed by atoms with Crippen LogP contribution in [0, 0.1) is 5.41 Å². The second-order valence-corrected chi connectivity index (χ2v) is 5.01. The number of anilines is 1. The van der Waals surface area contributed by atoms with E-state index >= 15 is 0 Å². The van der Waals surface area contributed by atoms with Crippen LogP contribution in [0.1, 0.15) is 13.8 Å². The largest absolute Gasteiger partial charge is 0.382 e. The van der Waals surface area contributed by atoms with Gasteiger partial charge in [0, 0.05) is 18.9 Å². The minimum atomic E-state index is 0.00985.